The van der Waals surface area contributed by atoms with Crippen LogP contribution < -0.4 is 10.1 Å². The first-order valence-corrected chi connectivity index (χ1v) is 6.78. The summed E-state index contributed by atoms with van der Waals surface area (Å²) < 4.78 is 6.14. The molecule has 0 aliphatic carbocycles. The summed E-state index contributed by atoms with van der Waals surface area (Å²) in [5.74, 6) is -0.189. The predicted molar refractivity (Wildman–Crippen MR) is 80.3 cm³/mol. The third kappa shape index (κ3) is 3.88. The summed E-state index contributed by atoms with van der Waals surface area (Å²) in [6, 6.07) is 7.63. The van der Waals surface area contributed by atoms with Crippen LogP contribution in [0.5, 0.6) is 6.01 Å². The number of amides is 1. The van der Waals surface area contributed by atoms with Crippen molar-refractivity contribution in [3.63, 3.8) is 0 Å². The van der Waals surface area contributed by atoms with Crippen LogP contribution in [0.2, 0.25) is 0 Å². The second-order valence-electron chi connectivity index (χ2n) is 3.65. The predicted octanol–water partition coefficient (Wildman–Crippen LogP) is 2.73. The molecule has 1 N–H and O–H groups in total. The fourth-order valence-electron chi connectivity index (χ4n) is 1.42. The van der Waals surface area contributed by atoms with Crippen LogP contribution >= 0.6 is 22.6 Å². The Labute approximate surface area is 124 Å². The standard InChI is InChI=1S/C13H12IN3O2/c1-2-19-13-15-7-11(8-16-13)17-12(18)9-4-3-5-10(14)6-9/h3-8H,2H2,1H3,(H,17,18). The molecule has 1 aromatic carbocycles. The van der Waals surface area contributed by atoms with E-state index in [9.17, 15) is 4.79 Å². The third-order valence-corrected chi connectivity index (χ3v) is 2.92. The zero-order chi connectivity index (χ0) is 13.7. The highest BCUT2D eigenvalue weighted by molar-refractivity contribution is 14.1. The Morgan fingerprint density at radius 2 is 2.11 bits per heavy atom. The van der Waals surface area contributed by atoms with Gasteiger partial charge in [0.15, 0.2) is 0 Å². The topological polar surface area (TPSA) is 64.1 Å². The molecule has 0 unspecified atom stereocenters. The SMILES string of the molecule is CCOc1ncc(NC(=O)c2cccc(I)c2)cn1. The molecule has 2 aromatic rings. The molecule has 1 aromatic heterocycles. The van der Waals surface area contributed by atoms with Crippen molar-refractivity contribution >= 4 is 34.2 Å². The quantitative estimate of drug-likeness (QED) is 0.842. The Hall–Kier alpha value is -1.70. The molecule has 5 nitrogen and oxygen atoms in total. The number of ether oxygens (including phenoxy) is 1. The molecule has 6 heteroatoms. The Morgan fingerprint density at radius 3 is 2.74 bits per heavy atom. The molecule has 0 saturated carbocycles. The van der Waals surface area contributed by atoms with Gasteiger partial charge in [-0.3, -0.25) is 4.79 Å². The maximum Gasteiger partial charge on any atom is 0.316 e. The molecule has 19 heavy (non-hydrogen) atoms. The van der Waals surface area contributed by atoms with E-state index in [1.165, 1.54) is 12.4 Å². The molecular formula is C13H12IN3O2. The van der Waals surface area contributed by atoms with Crippen molar-refractivity contribution in [3.8, 4) is 6.01 Å². The number of nitrogens with zero attached hydrogens (tertiary/aromatic N) is 2. The molecule has 0 spiro atoms. The Balaban J connectivity index is 2.06. The van der Waals surface area contributed by atoms with Gasteiger partial charge in [0, 0.05) is 9.13 Å². The number of carbonyl (C=O) groups is 1. The average molecular weight is 369 g/mol. The summed E-state index contributed by atoms with van der Waals surface area (Å²) in [6.45, 7) is 2.37. The number of rotatable bonds is 4. The first-order valence-electron chi connectivity index (χ1n) is 5.71. The van der Waals surface area contributed by atoms with Crippen molar-refractivity contribution in [1.82, 2.24) is 9.97 Å². The fourth-order valence-corrected chi connectivity index (χ4v) is 1.96. The van der Waals surface area contributed by atoms with Crippen molar-refractivity contribution < 1.29 is 9.53 Å². The summed E-state index contributed by atoms with van der Waals surface area (Å²) >= 11 is 2.16. The Morgan fingerprint density at radius 1 is 1.37 bits per heavy atom. The van der Waals surface area contributed by atoms with Crippen molar-refractivity contribution in [3.05, 3.63) is 45.8 Å². The van der Waals surface area contributed by atoms with E-state index in [1.54, 1.807) is 6.07 Å². The van der Waals surface area contributed by atoms with E-state index in [0.717, 1.165) is 3.57 Å². The van der Waals surface area contributed by atoms with Gasteiger partial charge in [0.1, 0.15) is 0 Å². The van der Waals surface area contributed by atoms with Gasteiger partial charge in [0.05, 0.1) is 24.7 Å². The van der Waals surface area contributed by atoms with Crippen LogP contribution in [-0.4, -0.2) is 22.5 Å². The molecule has 0 saturated heterocycles. The van der Waals surface area contributed by atoms with E-state index in [2.05, 4.69) is 37.9 Å². The Kier molecular flexibility index (Phi) is 4.67. The van der Waals surface area contributed by atoms with Crippen molar-refractivity contribution in [2.45, 2.75) is 6.92 Å². The number of halogens is 1. The minimum absolute atomic E-state index is 0.189. The van der Waals surface area contributed by atoms with Gasteiger partial charge < -0.3 is 10.1 Å². The lowest BCUT2D eigenvalue weighted by Gasteiger charge is -2.05. The second kappa shape index (κ2) is 6.46. The van der Waals surface area contributed by atoms with Crippen LogP contribution in [0.4, 0.5) is 5.69 Å². The van der Waals surface area contributed by atoms with Crippen LogP contribution in [0.25, 0.3) is 0 Å². The summed E-state index contributed by atoms with van der Waals surface area (Å²) in [7, 11) is 0. The Bertz CT molecular complexity index is 572. The number of nitrogens with one attached hydrogen (secondary N) is 1. The first kappa shape index (κ1) is 13.7. The van der Waals surface area contributed by atoms with Crippen molar-refractivity contribution in [1.29, 1.82) is 0 Å². The molecule has 1 heterocycles. The van der Waals surface area contributed by atoms with Gasteiger partial charge in [-0.05, 0) is 47.7 Å². The number of carbonyl (C=O) groups excluding carboxylic acids is 1. The van der Waals surface area contributed by atoms with Gasteiger partial charge in [-0.2, -0.15) is 0 Å². The average Bonchev–Trinajstić information content (AvgIpc) is 2.41. The zero-order valence-electron chi connectivity index (χ0n) is 10.3. The monoisotopic (exact) mass is 369 g/mol. The lowest BCUT2D eigenvalue weighted by atomic mass is 10.2. The summed E-state index contributed by atoms with van der Waals surface area (Å²) in [6.07, 6.45) is 3.04. The van der Waals surface area contributed by atoms with Crippen LogP contribution in [0.15, 0.2) is 36.7 Å². The molecule has 2 rings (SSSR count). The van der Waals surface area contributed by atoms with Crippen LogP contribution in [0.3, 0.4) is 0 Å². The van der Waals surface area contributed by atoms with Crippen molar-refractivity contribution in [2.24, 2.45) is 0 Å². The molecule has 1 amide bonds. The first-order chi connectivity index (χ1) is 9.19. The minimum Gasteiger partial charge on any atom is -0.464 e. The summed E-state index contributed by atoms with van der Waals surface area (Å²) in [5.41, 5.74) is 1.13. The molecular weight excluding hydrogens is 357 g/mol. The van der Waals surface area contributed by atoms with Crippen LogP contribution in [0.1, 0.15) is 17.3 Å². The highest BCUT2D eigenvalue weighted by Gasteiger charge is 2.07. The van der Waals surface area contributed by atoms with Crippen LogP contribution in [-0.2, 0) is 0 Å². The zero-order valence-corrected chi connectivity index (χ0v) is 12.4. The van der Waals surface area contributed by atoms with E-state index in [-0.39, 0.29) is 5.91 Å². The summed E-state index contributed by atoms with van der Waals surface area (Å²) in [4.78, 5) is 19.9. The number of benzene rings is 1. The molecule has 0 fully saturated rings. The third-order valence-electron chi connectivity index (χ3n) is 2.25. The largest absolute Gasteiger partial charge is 0.464 e. The van der Waals surface area contributed by atoms with Gasteiger partial charge in [-0.1, -0.05) is 6.07 Å². The van der Waals surface area contributed by atoms with E-state index < -0.39 is 0 Å². The number of aromatic nitrogens is 2. The van der Waals surface area contributed by atoms with Crippen LogP contribution in [0, 0.1) is 3.57 Å². The highest BCUT2D eigenvalue weighted by Crippen LogP contribution is 2.12. The molecule has 0 radical (unpaired) electrons. The fraction of sp³-hybridized carbons (Fsp3) is 0.154. The number of hydrogen-bond donors (Lipinski definition) is 1. The smallest absolute Gasteiger partial charge is 0.316 e. The van der Waals surface area contributed by atoms with Gasteiger partial charge in [0.25, 0.3) is 5.91 Å². The number of hydrogen-bond acceptors (Lipinski definition) is 4. The van der Waals surface area contributed by atoms with Gasteiger partial charge in [0.2, 0.25) is 0 Å². The maximum absolute atomic E-state index is 12.0. The van der Waals surface area contributed by atoms with Crippen molar-refractivity contribution in [2.75, 3.05) is 11.9 Å². The normalized spacial score (nSPS) is 10.0. The van der Waals surface area contributed by atoms with Gasteiger partial charge in [-0.15, -0.1) is 0 Å². The molecule has 0 bridgehead atoms. The molecule has 98 valence electrons. The van der Waals surface area contributed by atoms with E-state index in [1.807, 2.05) is 25.1 Å². The maximum atomic E-state index is 12.0. The highest BCUT2D eigenvalue weighted by atomic mass is 127. The molecule has 0 aliphatic rings. The number of anilines is 1. The van der Waals surface area contributed by atoms with E-state index >= 15 is 0 Å². The second-order valence-corrected chi connectivity index (χ2v) is 4.90. The minimum atomic E-state index is -0.189. The lowest BCUT2D eigenvalue weighted by Crippen LogP contribution is -2.12. The molecule has 0 aliphatic heterocycles. The lowest BCUT2D eigenvalue weighted by molar-refractivity contribution is 0.102. The van der Waals surface area contributed by atoms with E-state index in [0.29, 0.717) is 23.9 Å². The summed E-state index contributed by atoms with van der Waals surface area (Å²) in [5, 5.41) is 2.73. The van der Waals surface area contributed by atoms with Gasteiger partial charge >= 0.3 is 6.01 Å². The van der Waals surface area contributed by atoms with Gasteiger partial charge in [-0.25, -0.2) is 9.97 Å². The van der Waals surface area contributed by atoms with E-state index in [4.69, 9.17) is 4.74 Å². The molecule has 0 atom stereocenters.